The molecule has 2 aromatic carbocycles. The second-order valence-corrected chi connectivity index (χ2v) is 6.77. The fraction of sp³-hybridized carbons (Fsp3) is 0.273. The minimum absolute atomic E-state index is 0.0744. The molecule has 0 bridgehead atoms. The molecule has 0 unspecified atom stereocenters. The third-order valence-electron chi connectivity index (χ3n) is 4.63. The molecule has 0 saturated carbocycles. The van der Waals surface area contributed by atoms with Gasteiger partial charge in [0, 0.05) is 31.4 Å². The lowest BCUT2D eigenvalue weighted by atomic mass is 10.1. The fourth-order valence-electron chi connectivity index (χ4n) is 3.22. The van der Waals surface area contributed by atoms with Crippen molar-refractivity contribution < 1.29 is 8.78 Å². The van der Waals surface area contributed by atoms with Gasteiger partial charge in [-0.05, 0) is 50.1 Å². The van der Waals surface area contributed by atoms with E-state index in [9.17, 15) is 8.78 Å². The van der Waals surface area contributed by atoms with Gasteiger partial charge in [-0.2, -0.15) is 5.10 Å². The molecule has 0 fully saturated rings. The summed E-state index contributed by atoms with van der Waals surface area (Å²) < 4.78 is 29.4. The molecule has 0 radical (unpaired) electrons. The van der Waals surface area contributed by atoms with E-state index in [1.165, 1.54) is 18.2 Å². The average molecular weight is 397 g/mol. The van der Waals surface area contributed by atoms with Crippen LogP contribution in [0.3, 0.4) is 0 Å². The van der Waals surface area contributed by atoms with Crippen molar-refractivity contribution in [3.63, 3.8) is 0 Å². The summed E-state index contributed by atoms with van der Waals surface area (Å²) in [6.07, 6.45) is 0.224. The Morgan fingerprint density at radius 3 is 2.41 bits per heavy atom. The number of aryl methyl sites for hydroxylation is 2. The van der Waals surface area contributed by atoms with Crippen LogP contribution in [0.4, 0.5) is 8.78 Å². The Morgan fingerprint density at radius 2 is 1.76 bits per heavy atom. The number of nitrogens with zero attached hydrogens (tertiary/aromatic N) is 3. The summed E-state index contributed by atoms with van der Waals surface area (Å²) >= 11 is 0. The summed E-state index contributed by atoms with van der Waals surface area (Å²) in [6, 6.07) is 13.9. The summed E-state index contributed by atoms with van der Waals surface area (Å²) in [4.78, 5) is 4.19. The first-order chi connectivity index (χ1) is 14.0. The summed E-state index contributed by atoms with van der Waals surface area (Å²) in [5.41, 5.74) is 4.15. The molecule has 152 valence electrons. The minimum atomic E-state index is -0.534. The highest BCUT2D eigenvalue weighted by atomic mass is 19.1. The van der Waals surface area contributed by atoms with Crippen LogP contribution in [0.1, 0.15) is 22.5 Å². The highest BCUT2D eigenvalue weighted by Gasteiger charge is 2.10. The van der Waals surface area contributed by atoms with E-state index < -0.39 is 11.6 Å². The second kappa shape index (κ2) is 9.32. The van der Waals surface area contributed by atoms with E-state index in [0.29, 0.717) is 19.0 Å². The summed E-state index contributed by atoms with van der Waals surface area (Å²) in [7, 11) is 1.66. The van der Waals surface area contributed by atoms with E-state index in [4.69, 9.17) is 0 Å². The van der Waals surface area contributed by atoms with Gasteiger partial charge in [-0.15, -0.1) is 0 Å². The lowest BCUT2D eigenvalue weighted by Crippen LogP contribution is -2.38. The van der Waals surface area contributed by atoms with Crippen LogP contribution in [0.5, 0.6) is 0 Å². The van der Waals surface area contributed by atoms with Crippen LogP contribution in [-0.2, 0) is 13.0 Å². The number of benzene rings is 2. The molecule has 0 atom stereocenters. The zero-order valence-electron chi connectivity index (χ0n) is 16.8. The van der Waals surface area contributed by atoms with Crippen LogP contribution in [0.25, 0.3) is 5.69 Å². The third kappa shape index (κ3) is 4.99. The molecule has 0 amide bonds. The number of rotatable bonds is 6. The van der Waals surface area contributed by atoms with Gasteiger partial charge in [-0.25, -0.2) is 13.5 Å². The van der Waals surface area contributed by atoms with Gasteiger partial charge in [0.05, 0.1) is 11.4 Å². The lowest BCUT2D eigenvalue weighted by molar-refractivity contribution is 0.553. The molecular weight excluding hydrogens is 372 g/mol. The summed E-state index contributed by atoms with van der Waals surface area (Å²) in [5, 5.41) is 10.9. The predicted molar refractivity (Wildman–Crippen MR) is 111 cm³/mol. The maximum Gasteiger partial charge on any atom is 0.191 e. The highest BCUT2D eigenvalue weighted by Crippen LogP contribution is 2.17. The normalized spacial score (nSPS) is 11.6. The van der Waals surface area contributed by atoms with Crippen LogP contribution in [0, 0.1) is 25.5 Å². The van der Waals surface area contributed by atoms with Crippen LogP contribution in [0.2, 0.25) is 0 Å². The van der Waals surface area contributed by atoms with Crippen molar-refractivity contribution in [1.29, 1.82) is 0 Å². The van der Waals surface area contributed by atoms with Gasteiger partial charge < -0.3 is 10.6 Å². The number of nitrogens with one attached hydrogen (secondary N) is 2. The molecule has 3 rings (SSSR count). The number of hydrogen-bond donors (Lipinski definition) is 2. The quantitative estimate of drug-likeness (QED) is 0.493. The monoisotopic (exact) mass is 397 g/mol. The first-order valence-corrected chi connectivity index (χ1v) is 9.48. The zero-order valence-corrected chi connectivity index (χ0v) is 16.8. The maximum atomic E-state index is 13.7. The SMILES string of the molecule is CN=C(NCCc1c(F)cccc1F)NCc1ccccc1-n1nc(C)cc1C. The van der Waals surface area contributed by atoms with Crippen molar-refractivity contribution in [3.05, 3.63) is 82.7 Å². The van der Waals surface area contributed by atoms with Gasteiger partial charge in [0.25, 0.3) is 0 Å². The number of guanidine groups is 1. The number of aromatic nitrogens is 2. The predicted octanol–water partition coefficient (Wildman–Crippen LogP) is 3.68. The average Bonchev–Trinajstić information content (AvgIpc) is 3.04. The molecule has 0 aliphatic rings. The van der Waals surface area contributed by atoms with Gasteiger partial charge in [0.2, 0.25) is 0 Å². The molecular formula is C22H25F2N5. The van der Waals surface area contributed by atoms with Crippen molar-refractivity contribution in [1.82, 2.24) is 20.4 Å². The van der Waals surface area contributed by atoms with Gasteiger partial charge in [-0.3, -0.25) is 4.99 Å². The van der Waals surface area contributed by atoms with Crippen LogP contribution in [0.15, 0.2) is 53.5 Å². The molecule has 0 aliphatic carbocycles. The van der Waals surface area contributed by atoms with E-state index >= 15 is 0 Å². The zero-order chi connectivity index (χ0) is 20.8. The van der Waals surface area contributed by atoms with E-state index in [-0.39, 0.29) is 12.0 Å². The van der Waals surface area contributed by atoms with Crippen molar-refractivity contribution in [2.45, 2.75) is 26.8 Å². The molecule has 1 heterocycles. The molecule has 1 aromatic heterocycles. The van der Waals surface area contributed by atoms with Gasteiger partial charge in [0.15, 0.2) is 5.96 Å². The highest BCUT2D eigenvalue weighted by molar-refractivity contribution is 5.79. The van der Waals surface area contributed by atoms with Crippen LogP contribution >= 0.6 is 0 Å². The topological polar surface area (TPSA) is 54.2 Å². The van der Waals surface area contributed by atoms with E-state index in [2.05, 4.69) is 20.7 Å². The van der Waals surface area contributed by atoms with Crippen molar-refractivity contribution in [3.8, 4) is 5.69 Å². The molecule has 7 heteroatoms. The fourth-order valence-corrected chi connectivity index (χ4v) is 3.22. The van der Waals surface area contributed by atoms with Gasteiger partial charge in [0.1, 0.15) is 11.6 Å². The number of halogens is 2. The van der Waals surface area contributed by atoms with Gasteiger partial charge in [-0.1, -0.05) is 24.3 Å². The van der Waals surface area contributed by atoms with E-state index in [0.717, 1.165) is 22.6 Å². The molecule has 5 nitrogen and oxygen atoms in total. The molecule has 0 spiro atoms. The minimum Gasteiger partial charge on any atom is -0.356 e. The third-order valence-corrected chi connectivity index (χ3v) is 4.63. The molecule has 2 N–H and O–H groups in total. The second-order valence-electron chi connectivity index (χ2n) is 6.77. The standard InChI is InChI=1S/C22H25F2N5/c1-15-13-16(2)29(28-15)21-10-5-4-7-17(21)14-27-22(25-3)26-12-11-18-19(23)8-6-9-20(18)24/h4-10,13H,11-12,14H2,1-3H3,(H2,25,26,27). The smallest absolute Gasteiger partial charge is 0.191 e. The Labute approximate surface area is 169 Å². The lowest BCUT2D eigenvalue weighted by Gasteiger charge is -2.15. The van der Waals surface area contributed by atoms with Crippen molar-refractivity contribution >= 4 is 5.96 Å². The Balaban J connectivity index is 1.63. The first-order valence-electron chi connectivity index (χ1n) is 9.48. The molecule has 0 saturated heterocycles. The number of hydrogen-bond acceptors (Lipinski definition) is 2. The van der Waals surface area contributed by atoms with E-state index in [1.807, 2.05) is 48.9 Å². The molecule has 0 aliphatic heterocycles. The van der Waals surface area contributed by atoms with Crippen LogP contribution < -0.4 is 10.6 Å². The van der Waals surface area contributed by atoms with Gasteiger partial charge >= 0.3 is 0 Å². The summed E-state index contributed by atoms with van der Waals surface area (Å²) in [5.74, 6) is -0.507. The first kappa shape index (κ1) is 20.5. The van der Waals surface area contributed by atoms with E-state index in [1.54, 1.807) is 7.05 Å². The summed E-state index contributed by atoms with van der Waals surface area (Å²) in [6.45, 7) is 4.87. The van der Waals surface area contributed by atoms with Crippen LogP contribution in [-0.4, -0.2) is 29.3 Å². The van der Waals surface area contributed by atoms with Crippen molar-refractivity contribution in [2.24, 2.45) is 4.99 Å². The Bertz CT molecular complexity index is 990. The maximum absolute atomic E-state index is 13.7. The Kier molecular flexibility index (Phi) is 6.59. The Morgan fingerprint density at radius 1 is 1.03 bits per heavy atom. The number of para-hydroxylation sites is 1. The number of aliphatic imine (C=N–C) groups is 1. The molecule has 3 aromatic rings. The molecule has 29 heavy (non-hydrogen) atoms. The van der Waals surface area contributed by atoms with Crippen molar-refractivity contribution in [2.75, 3.05) is 13.6 Å². The largest absolute Gasteiger partial charge is 0.356 e. The Hall–Kier alpha value is -3.22.